The van der Waals surface area contributed by atoms with E-state index in [2.05, 4.69) is 49.5 Å². The Bertz CT molecular complexity index is 856. The second-order valence-electron chi connectivity index (χ2n) is 7.29. The minimum Gasteiger partial charge on any atom is -0.356 e. The van der Waals surface area contributed by atoms with Gasteiger partial charge in [-0.2, -0.15) is 25.5 Å². The van der Waals surface area contributed by atoms with Crippen LogP contribution >= 0.6 is 0 Å². The Labute approximate surface area is 438 Å². The average molecular weight is 1760 g/mol. The molecule has 68 heavy (non-hydrogen) atoms. The molecule has 0 unspecified atom stereocenters. The molecule has 52 heteroatoms. The van der Waals surface area contributed by atoms with Crippen molar-refractivity contribution in [1.82, 2.24) is 70.5 Å². The molecule has 4 saturated heterocycles. The van der Waals surface area contributed by atoms with Gasteiger partial charge in [0.2, 0.25) is 23.6 Å². The van der Waals surface area contributed by atoms with Crippen molar-refractivity contribution in [3.05, 3.63) is 80.3 Å². The summed E-state index contributed by atoms with van der Waals surface area (Å²) in [5, 5.41) is 86.5. The van der Waals surface area contributed by atoms with Crippen molar-refractivity contribution in [2.45, 2.75) is 51.4 Å². The number of hydrazine groups is 1. The van der Waals surface area contributed by atoms with Crippen LogP contribution in [-0.4, -0.2) is 106 Å². The largest absolute Gasteiger partial charge is 2.00 e. The predicted molar refractivity (Wildman–Crippen MR) is 209 cm³/mol. The monoisotopic (exact) mass is 1760 g/mol. The molecular weight excluding hydrogens is 1690 g/mol. The van der Waals surface area contributed by atoms with Crippen molar-refractivity contribution in [3.63, 3.8) is 0 Å². The van der Waals surface area contributed by atoms with E-state index in [0.29, 0.717) is 0 Å². The van der Waals surface area contributed by atoms with Crippen LogP contribution in [0, 0.1) is 103 Å². The van der Waals surface area contributed by atoms with Gasteiger partial charge in [-0.1, -0.05) is 22.4 Å². The molecule has 0 aliphatic carbocycles. The number of rotatable bonds is 0. The molecule has 39 N–H and O–H groups in total. The van der Waals surface area contributed by atoms with Crippen molar-refractivity contribution in [1.29, 1.82) is 22.4 Å². The van der Waals surface area contributed by atoms with Gasteiger partial charge in [-0.3, -0.25) is 19.2 Å². The average Bonchev–Trinajstić information content (AvgIpc) is 3.93. The van der Waals surface area contributed by atoms with Gasteiger partial charge in [0.1, 0.15) is 0 Å². The third kappa shape index (κ3) is 433. The Morgan fingerprint density at radius 1 is 0.353 bits per heavy atom. The molecule has 0 saturated carbocycles. The normalized spacial score (nSPS) is 9.76. The summed E-state index contributed by atoms with van der Waals surface area (Å²) in [5.41, 5.74) is 18.0. The van der Waals surface area contributed by atoms with E-state index in [9.17, 15) is 19.2 Å². The van der Waals surface area contributed by atoms with E-state index >= 15 is 0 Å². The Morgan fingerprint density at radius 2 is 0.426 bits per heavy atom. The zero-order valence-electron chi connectivity index (χ0n) is 35.1. The third-order valence-electron chi connectivity index (χ3n) is 3.61. The van der Waals surface area contributed by atoms with E-state index in [0.717, 1.165) is 77.5 Å². The summed E-state index contributed by atoms with van der Waals surface area (Å²) < 4.78 is 0. The van der Waals surface area contributed by atoms with E-state index in [-0.39, 0.29) is 157 Å². The Balaban J connectivity index is -0.0000000168. The van der Waals surface area contributed by atoms with Gasteiger partial charge in [0.25, 0.3) is 25.4 Å². The van der Waals surface area contributed by atoms with Gasteiger partial charge in [-0.25, -0.2) is 10.1 Å². The molecule has 4 aliphatic heterocycles. The number of nitrogens with one attached hydrogen (secondary N) is 8. The summed E-state index contributed by atoms with van der Waals surface area (Å²) in [6, 6.07) is 0. The van der Waals surface area contributed by atoms with E-state index in [1.54, 1.807) is 0 Å². The molecular formula is C16H63N23O25Pt4+8. The fraction of sp³-hybridized carbons (Fsp3) is 0.750. The number of nitrogens with zero attached hydrogens (tertiary/aromatic N) is 6. The van der Waals surface area contributed by atoms with E-state index in [4.69, 9.17) is 106 Å². The first-order chi connectivity index (χ1) is 26.0. The van der Waals surface area contributed by atoms with Crippen LogP contribution in [0.5, 0.6) is 0 Å². The summed E-state index contributed by atoms with van der Waals surface area (Å²) >= 11 is 0. The zero-order valence-corrected chi connectivity index (χ0v) is 44.2. The molecule has 0 aromatic carbocycles. The second-order valence-corrected chi connectivity index (χ2v) is 7.29. The van der Waals surface area contributed by atoms with E-state index in [1.807, 2.05) is 0 Å². The molecule has 4 fully saturated rings. The number of nitrogens with two attached hydrogens (primary N) is 1. The SMILES string of the molecule is N.N.N.N.N.N.N.N.N=O.N=O.N=O.N=O.N[N+](=O)[O-].O=C1CCCN1.O=C1CCCN1.O=C1CCCN1.O=C1CCCN1.O=[N+]([O-])O.O=[N+]([O-])O.O=[N+]([O-])O.O=[N+]([O-])O.O=[N+]([O-])O.[Pt+2].[Pt+2].[Pt+2].[Pt+2]. The summed E-state index contributed by atoms with van der Waals surface area (Å²) in [7, 11) is 0. The van der Waals surface area contributed by atoms with Gasteiger partial charge >= 0.3 is 84.3 Å². The molecule has 0 aromatic heterocycles. The quantitative estimate of drug-likeness (QED) is 0.0635. The first kappa shape index (κ1) is 144. The molecule has 4 rings (SSSR count). The molecule has 4 aliphatic rings. The molecule has 424 valence electrons. The van der Waals surface area contributed by atoms with Crippen LogP contribution in [0.4, 0.5) is 0 Å². The molecule has 0 bridgehead atoms. The molecule has 0 radical (unpaired) electrons. The van der Waals surface area contributed by atoms with Crippen LogP contribution in [0.25, 0.3) is 0 Å². The van der Waals surface area contributed by atoms with Crippen LogP contribution in [0.2, 0.25) is 0 Å². The maximum absolute atomic E-state index is 10.1. The number of carbonyl (C=O) groups excluding carboxylic acids is 4. The minimum absolute atomic E-state index is 0. The third-order valence-corrected chi connectivity index (χ3v) is 3.61. The van der Waals surface area contributed by atoms with E-state index in [1.165, 1.54) is 0 Å². The number of hydrogen-bond acceptors (Lipinski definition) is 32. The maximum Gasteiger partial charge on any atom is 2.00 e. The van der Waals surface area contributed by atoms with E-state index < -0.39 is 30.5 Å². The van der Waals surface area contributed by atoms with Crippen LogP contribution in [0.15, 0.2) is 0 Å². The Kier molecular flexibility index (Phi) is 291. The second kappa shape index (κ2) is 137. The smallest absolute Gasteiger partial charge is 0.356 e. The van der Waals surface area contributed by atoms with Gasteiger partial charge in [0.05, 0.1) is 0 Å². The van der Waals surface area contributed by atoms with Gasteiger partial charge in [-0.05, 0) is 25.7 Å². The summed E-state index contributed by atoms with van der Waals surface area (Å²) in [6.07, 6.45) is 7.05. The van der Waals surface area contributed by atoms with Crippen LogP contribution < -0.4 is 76.3 Å². The van der Waals surface area contributed by atoms with Crippen LogP contribution in [0.3, 0.4) is 0 Å². The molecule has 0 aromatic rings. The van der Waals surface area contributed by atoms with Crippen LogP contribution in [-0.2, 0) is 103 Å². The van der Waals surface area contributed by atoms with Crippen molar-refractivity contribution >= 4 is 23.6 Å². The fourth-order valence-electron chi connectivity index (χ4n) is 2.26. The summed E-state index contributed by atoms with van der Waals surface area (Å²) in [5.74, 6) is 4.65. The van der Waals surface area contributed by atoms with Crippen molar-refractivity contribution < 1.29 is 160 Å². The topological polar surface area (TPSA) is 946 Å². The fourth-order valence-corrected chi connectivity index (χ4v) is 2.26. The Hall–Kier alpha value is -6.09. The number of nitro groups is 1. The molecule has 48 nitrogen and oxygen atoms in total. The van der Waals surface area contributed by atoms with Crippen molar-refractivity contribution in [2.75, 3.05) is 26.2 Å². The molecule has 0 spiro atoms. The summed E-state index contributed by atoms with van der Waals surface area (Å²) in [4.78, 5) is 121. The molecule has 4 amide bonds. The van der Waals surface area contributed by atoms with Crippen molar-refractivity contribution in [3.8, 4) is 0 Å². The zero-order chi connectivity index (χ0) is 47.1. The summed E-state index contributed by atoms with van der Waals surface area (Å²) in [6.45, 7) is 3.55. The maximum atomic E-state index is 10.1. The molecule has 0 atom stereocenters. The van der Waals surface area contributed by atoms with Gasteiger partial charge in [-0.15, -0.1) is 50.6 Å². The predicted octanol–water partition coefficient (Wildman–Crippen LogP) is -0.404. The number of carbonyl (C=O) groups is 4. The number of hydrogen-bond donors (Lipinski definition) is 22. The van der Waals surface area contributed by atoms with Gasteiger partial charge in [0, 0.05) is 51.9 Å². The first-order valence-corrected chi connectivity index (χ1v) is 12.9. The Morgan fingerprint density at radius 3 is 0.441 bits per heavy atom. The van der Waals surface area contributed by atoms with Gasteiger partial charge in [0.15, 0.2) is 5.03 Å². The first-order valence-electron chi connectivity index (χ1n) is 12.9. The molecule has 4 heterocycles. The van der Waals surface area contributed by atoms with Crippen molar-refractivity contribution in [2.24, 2.45) is 5.84 Å². The number of amides is 4. The standard InChI is InChI=1S/4C4H7NO.H2N2O2.5HNO3.4HNO.8H3N.4Pt/c4*6-4-2-1-3-5-4;1-2(3)4;5*2-1(3)4;4*1-2;;;;;;;;;;;;/h4*1-3H2,(H,5,6);1H2;5*(H,2,3,4);4*1H;8*1H3;;;;/q;;;;;;;;;;;;;;;;;;;;;;4*+2. The van der Waals surface area contributed by atoms with Crippen LogP contribution in [0.1, 0.15) is 51.4 Å². The van der Waals surface area contributed by atoms with Gasteiger partial charge < -0.3 is 96.5 Å². The minimum atomic E-state index is -1.50. The number of nitroso groups, excluding NO2 is 4.